The van der Waals surface area contributed by atoms with Crippen molar-refractivity contribution in [3.8, 4) is 0 Å². The number of hydrogen-bond acceptors (Lipinski definition) is 3. The second-order valence-corrected chi connectivity index (χ2v) is 4.20. The number of amides is 2. The molecule has 80 valence electrons. The molecule has 2 heterocycles. The number of nitrogens with zero attached hydrogens (tertiary/aromatic N) is 2. The van der Waals surface area contributed by atoms with Crippen molar-refractivity contribution in [2.45, 2.75) is 25.7 Å². The van der Waals surface area contributed by atoms with Crippen LogP contribution in [0.25, 0.3) is 0 Å². The minimum Gasteiger partial charge on any atom is -0.273 e. The summed E-state index contributed by atoms with van der Waals surface area (Å²) in [7, 11) is 0. The maximum absolute atomic E-state index is 11.6. The van der Waals surface area contributed by atoms with Crippen LogP contribution in [-0.4, -0.2) is 33.2 Å². The normalized spacial score (nSPS) is 22.5. The molecule has 0 aromatic carbocycles. The lowest BCUT2D eigenvalue weighted by atomic mass is 10.1. The van der Waals surface area contributed by atoms with Crippen molar-refractivity contribution in [3.05, 3.63) is 12.3 Å². The van der Waals surface area contributed by atoms with E-state index < -0.39 is 0 Å². The van der Waals surface area contributed by atoms with E-state index in [-0.39, 0.29) is 18.2 Å². The second-order valence-electron chi connectivity index (χ2n) is 3.67. The first-order valence-electron chi connectivity index (χ1n) is 5.02. The highest BCUT2D eigenvalue weighted by molar-refractivity contribution is 7.80. The molecule has 0 unspecified atom stereocenters. The molecule has 15 heavy (non-hydrogen) atoms. The fourth-order valence-corrected chi connectivity index (χ4v) is 1.94. The Bertz CT molecular complexity index is 351. The topological polar surface area (TPSA) is 40.6 Å². The summed E-state index contributed by atoms with van der Waals surface area (Å²) in [6.07, 6.45) is 5.93. The maximum Gasteiger partial charge on any atom is 0.250 e. The molecule has 0 spiro atoms. The monoisotopic (exact) mass is 224 g/mol. The van der Waals surface area contributed by atoms with Crippen LogP contribution in [0.1, 0.15) is 25.7 Å². The number of piperidine rings is 1. The van der Waals surface area contributed by atoms with Gasteiger partial charge in [-0.2, -0.15) is 0 Å². The Morgan fingerprint density at radius 1 is 1.20 bits per heavy atom. The molecule has 0 aliphatic carbocycles. The van der Waals surface area contributed by atoms with E-state index in [0.717, 1.165) is 12.8 Å². The molecule has 2 amide bonds. The van der Waals surface area contributed by atoms with Gasteiger partial charge in [-0.3, -0.25) is 9.59 Å². The van der Waals surface area contributed by atoms with Gasteiger partial charge in [-0.25, -0.2) is 10.0 Å². The molecule has 1 saturated heterocycles. The lowest BCUT2D eigenvalue weighted by Crippen LogP contribution is -2.50. The van der Waals surface area contributed by atoms with Gasteiger partial charge in [0.15, 0.2) is 0 Å². The number of hydrazine groups is 1. The molecule has 2 aliphatic rings. The zero-order valence-corrected chi connectivity index (χ0v) is 9.13. The van der Waals surface area contributed by atoms with E-state index in [0.29, 0.717) is 17.8 Å². The van der Waals surface area contributed by atoms with E-state index in [4.69, 9.17) is 12.2 Å². The zero-order chi connectivity index (χ0) is 10.8. The molecular formula is C10H12N2O2S. The van der Waals surface area contributed by atoms with E-state index in [1.165, 1.54) is 10.0 Å². The number of thiocarbonyl (C=S) groups is 1. The number of carbonyl (C=O) groups is 2. The summed E-state index contributed by atoms with van der Waals surface area (Å²) in [6, 6.07) is 0. The Kier molecular flexibility index (Phi) is 2.81. The summed E-state index contributed by atoms with van der Waals surface area (Å²) in [5.74, 6) is -0.0928. The molecule has 0 N–H and O–H groups in total. The average Bonchev–Trinajstić information content (AvgIpc) is 2.20. The highest BCUT2D eigenvalue weighted by Gasteiger charge is 2.28. The molecule has 0 aromatic heterocycles. The number of hydrogen-bond donors (Lipinski definition) is 0. The molecule has 5 heteroatoms. The highest BCUT2D eigenvalue weighted by Crippen LogP contribution is 2.17. The third-order valence-electron chi connectivity index (χ3n) is 2.54. The summed E-state index contributed by atoms with van der Waals surface area (Å²) in [6.45, 7) is 0.627. The molecular weight excluding hydrogens is 212 g/mol. The number of carbonyl (C=O) groups excluding carboxylic acids is 2. The van der Waals surface area contributed by atoms with Crippen LogP contribution < -0.4 is 0 Å². The van der Waals surface area contributed by atoms with Crippen molar-refractivity contribution in [2.75, 3.05) is 6.54 Å². The molecule has 0 saturated carbocycles. The molecule has 0 bridgehead atoms. The van der Waals surface area contributed by atoms with Gasteiger partial charge in [0.25, 0.3) is 5.91 Å². The van der Waals surface area contributed by atoms with Crippen molar-refractivity contribution >= 4 is 28.9 Å². The number of rotatable bonds is 1. The van der Waals surface area contributed by atoms with Crippen molar-refractivity contribution in [2.24, 2.45) is 0 Å². The van der Waals surface area contributed by atoms with E-state index in [2.05, 4.69) is 0 Å². The summed E-state index contributed by atoms with van der Waals surface area (Å²) in [5, 5.41) is 2.92. The molecule has 2 rings (SSSR count). The van der Waals surface area contributed by atoms with Crippen LogP contribution in [0.3, 0.4) is 0 Å². The zero-order valence-electron chi connectivity index (χ0n) is 8.31. The summed E-state index contributed by atoms with van der Waals surface area (Å²) < 4.78 is 0. The fourth-order valence-electron chi connectivity index (χ4n) is 1.76. The third-order valence-corrected chi connectivity index (χ3v) is 2.82. The lowest BCUT2D eigenvalue weighted by molar-refractivity contribution is -0.159. The van der Waals surface area contributed by atoms with E-state index in [1.54, 1.807) is 12.3 Å². The summed E-state index contributed by atoms with van der Waals surface area (Å²) in [4.78, 5) is 23.9. The SMILES string of the molecule is O=C1CC(=S)C=CN1N1CCCCC1=O. The average molecular weight is 224 g/mol. The van der Waals surface area contributed by atoms with Crippen LogP contribution in [0.2, 0.25) is 0 Å². The number of allylic oxidation sites excluding steroid dienone is 1. The van der Waals surface area contributed by atoms with Gasteiger partial charge < -0.3 is 0 Å². The van der Waals surface area contributed by atoms with Crippen LogP contribution in [-0.2, 0) is 9.59 Å². The third kappa shape index (κ3) is 2.07. The van der Waals surface area contributed by atoms with Gasteiger partial charge in [-0.05, 0) is 18.9 Å². The molecule has 2 aliphatic heterocycles. The van der Waals surface area contributed by atoms with E-state index in [9.17, 15) is 9.59 Å². The van der Waals surface area contributed by atoms with Gasteiger partial charge in [-0.1, -0.05) is 12.2 Å². The van der Waals surface area contributed by atoms with Crippen LogP contribution >= 0.6 is 12.2 Å². The Labute approximate surface area is 93.5 Å². The fraction of sp³-hybridized carbons (Fsp3) is 0.500. The molecule has 0 radical (unpaired) electrons. The minimum atomic E-state index is -0.113. The maximum atomic E-state index is 11.6. The van der Waals surface area contributed by atoms with Crippen LogP contribution in [0.15, 0.2) is 12.3 Å². The molecule has 1 fully saturated rings. The molecule has 0 atom stereocenters. The first-order valence-corrected chi connectivity index (χ1v) is 5.42. The van der Waals surface area contributed by atoms with Crippen LogP contribution in [0.4, 0.5) is 0 Å². The minimum absolute atomic E-state index is 0.0204. The van der Waals surface area contributed by atoms with Crippen LogP contribution in [0.5, 0.6) is 0 Å². The van der Waals surface area contributed by atoms with Gasteiger partial charge in [0.05, 0.1) is 6.42 Å². The molecule has 4 nitrogen and oxygen atoms in total. The van der Waals surface area contributed by atoms with Gasteiger partial charge in [0.2, 0.25) is 5.91 Å². The Morgan fingerprint density at radius 2 is 2.00 bits per heavy atom. The quantitative estimate of drug-likeness (QED) is 0.625. The highest BCUT2D eigenvalue weighted by atomic mass is 32.1. The van der Waals surface area contributed by atoms with Gasteiger partial charge >= 0.3 is 0 Å². The van der Waals surface area contributed by atoms with Crippen molar-refractivity contribution < 1.29 is 9.59 Å². The van der Waals surface area contributed by atoms with Gasteiger partial charge in [0.1, 0.15) is 0 Å². The Morgan fingerprint density at radius 3 is 2.67 bits per heavy atom. The van der Waals surface area contributed by atoms with Crippen molar-refractivity contribution in [1.82, 2.24) is 10.0 Å². The second kappa shape index (κ2) is 4.10. The standard InChI is InChI=1S/C10H12N2O2S/c13-9-3-1-2-5-11(9)12-6-4-8(15)7-10(12)14/h4,6H,1-3,5,7H2. The lowest BCUT2D eigenvalue weighted by Gasteiger charge is -2.36. The summed E-state index contributed by atoms with van der Waals surface area (Å²) in [5.41, 5.74) is 0. The predicted molar refractivity (Wildman–Crippen MR) is 58.8 cm³/mol. The van der Waals surface area contributed by atoms with Crippen molar-refractivity contribution in [1.29, 1.82) is 0 Å². The van der Waals surface area contributed by atoms with Crippen molar-refractivity contribution in [3.63, 3.8) is 0 Å². The first-order chi connectivity index (χ1) is 7.18. The first kappa shape index (κ1) is 10.3. The Balaban J connectivity index is 2.15. The van der Waals surface area contributed by atoms with Gasteiger partial charge in [0, 0.05) is 24.0 Å². The Hall–Kier alpha value is -1.23. The van der Waals surface area contributed by atoms with Gasteiger partial charge in [-0.15, -0.1) is 0 Å². The van der Waals surface area contributed by atoms with E-state index >= 15 is 0 Å². The predicted octanol–water partition coefficient (Wildman–Crippen LogP) is 1.03. The largest absolute Gasteiger partial charge is 0.273 e. The summed E-state index contributed by atoms with van der Waals surface area (Å²) >= 11 is 4.93. The molecule has 0 aromatic rings. The van der Waals surface area contributed by atoms with Crippen LogP contribution in [0, 0.1) is 0 Å². The smallest absolute Gasteiger partial charge is 0.250 e. The van der Waals surface area contributed by atoms with E-state index in [1.807, 2.05) is 0 Å².